The van der Waals surface area contributed by atoms with Gasteiger partial charge in [-0.1, -0.05) is 30.0 Å². The van der Waals surface area contributed by atoms with Crippen LogP contribution in [0.5, 0.6) is 5.75 Å². The van der Waals surface area contributed by atoms with Crippen molar-refractivity contribution in [2.45, 2.75) is 24.1 Å². The molecule has 0 aliphatic rings. The third-order valence-corrected chi connectivity index (χ3v) is 5.52. The van der Waals surface area contributed by atoms with Crippen LogP contribution in [-0.4, -0.2) is 41.2 Å². The van der Waals surface area contributed by atoms with Gasteiger partial charge < -0.3 is 9.64 Å². The summed E-state index contributed by atoms with van der Waals surface area (Å²) in [5.74, 6) is -0.285. The Morgan fingerprint density at radius 3 is 2.14 bits per heavy atom. The first-order valence-electron chi connectivity index (χ1n) is 9.93. The van der Waals surface area contributed by atoms with E-state index in [0.717, 1.165) is 4.90 Å². The fourth-order valence-corrected chi connectivity index (χ4v) is 3.67. The van der Waals surface area contributed by atoms with Gasteiger partial charge in [-0.2, -0.15) is 26.3 Å². The number of thioether (sulfide) groups is 1. The fraction of sp³-hybridized carbons (Fsp3) is 0.261. The number of carbonyl (C=O) groups excluding carboxylic acids is 1. The van der Waals surface area contributed by atoms with Crippen LogP contribution >= 0.6 is 11.8 Å². The lowest BCUT2D eigenvalue weighted by molar-refractivity contribution is -0.143. The van der Waals surface area contributed by atoms with Crippen LogP contribution in [0.15, 0.2) is 53.8 Å². The van der Waals surface area contributed by atoms with Crippen molar-refractivity contribution in [2.24, 2.45) is 0 Å². The van der Waals surface area contributed by atoms with E-state index in [1.807, 2.05) is 0 Å². The van der Waals surface area contributed by atoms with E-state index in [0.29, 0.717) is 29.0 Å². The third kappa shape index (κ3) is 6.05. The zero-order chi connectivity index (χ0) is 26.0. The Kier molecular flexibility index (Phi) is 7.63. The number of benzene rings is 2. The van der Waals surface area contributed by atoms with Gasteiger partial charge >= 0.3 is 12.4 Å². The van der Waals surface area contributed by atoms with Crippen LogP contribution in [0.3, 0.4) is 0 Å². The Morgan fingerprint density at radius 2 is 1.60 bits per heavy atom. The molecule has 0 unspecified atom stereocenters. The summed E-state index contributed by atoms with van der Waals surface area (Å²) in [5.41, 5.74) is -2.51. The highest BCUT2D eigenvalue weighted by Gasteiger charge is 2.37. The van der Waals surface area contributed by atoms with Crippen molar-refractivity contribution in [1.82, 2.24) is 14.9 Å². The average molecular weight is 515 g/mol. The predicted octanol–water partition coefficient (Wildman–Crippen LogP) is 6.18. The highest BCUT2D eigenvalue weighted by molar-refractivity contribution is 7.98. The first kappa shape index (κ1) is 26.3. The summed E-state index contributed by atoms with van der Waals surface area (Å²) in [5, 5.41) is 0.263. The number of alkyl halides is 6. The summed E-state index contributed by atoms with van der Waals surface area (Å²) in [6.45, 7) is -0.518. The molecule has 0 bridgehead atoms. The van der Waals surface area contributed by atoms with Gasteiger partial charge in [-0.3, -0.25) is 4.79 Å². The second kappa shape index (κ2) is 10.1. The number of methoxy groups -OCH3 is 1. The van der Waals surface area contributed by atoms with E-state index >= 15 is 0 Å². The average Bonchev–Trinajstić information content (AvgIpc) is 2.81. The fourth-order valence-electron chi connectivity index (χ4n) is 3.33. The van der Waals surface area contributed by atoms with Crippen molar-refractivity contribution >= 4 is 17.7 Å². The quantitative estimate of drug-likeness (QED) is 0.223. The van der Waals surface area contributed by atoms with Crippen molar-refractivity contribution in [3.8, 4) is 16.9 Å². The standard InChI is InChI=1S/C23H19F6N3O2S/c1-32(12-13-8-14(22(24,25)26)10-15(9-13)23(27,28)29)20(33)19-17(11-30-21(31-19)35-3)16-6-4-5-7-18(16)34-2/h4-11H,12H2,1-3H3. The molecule has 1 aromatic heterocycles. The lowest BCUT2D eigenvalue weighted by Gasteiger charge is -2.21. The summed E-state index contributed by atoms with van der Waals surface area (Å²) in [6.07, 6.45) is -6.87. The number of para-hydroxylation sites is 1. The normalized spacial score (nSPS) is 11.9. The van der Waals surface area contributed by atoms with E-state index in [9.17, 15) is 31.1 Å². The molecule has 12 heteroatoms. The maximum atomic E-state index is 13.3. The number of hydrogen-bond donors (Lipinski definition) is 0. The molecule has 3 aromatic rings. The molecular formula is C23H19F6N3O2S. The van der Waals surface area contributed by atoms with E-state index in [-0.39, 0.29) is 22.5 Å². The van der Waals surface area contributed by atoms with E-state index in [2.05, 4.69) is 9.97 Å². The zero-order valence-corrected chi connectivity index (χ0v) is 19.5. The van der Waals surface area contributed by atoms with Crippen molar-refractivity contribution in [3.63, 3.8) is 0 Å². The number of rotatable bonds is 6. The molecule has 2 aromatic carbocycles. The molecule has 1 heterocycles. The molecule has 0 fully saturated rings. The number of aromatic nitrogens is 2. The molecule has 0 aliphatic heterocycles. The van der Waals surface area contributed by atoms with Crippen molar-refractivity contribution in [2.75, 3.05) is 20.4 Å². The Balaban J connectivity index is 2.03. The van der Waals surface area contributed by atoms with E-state index in [1.54, 1.807) is 30.5 Å². The van der Waals surface area contributed by atoms with Crippen LogP contribution in [-0.2, 0) is 18.9 Å². The van der Waals surface area contributed by atoms with Crippen LogP contribution < -0.4 is 4.74 Å². The largest absolute Gasteiger partial charge is 0.496 e. The maximum Gasteiger partial charge on any atom is 0.416 e. The predicted molar refractivity (Wildman–Crippen MR) is 118 cm³/mol. The van der Waals surface area contributed by atoms with E-state index in [1.165, 1.54) is 32.1 Å². The van der Waals surface area contributed by atoms with Crippen molar-refractivity contribution < 1.29 is 35.9 Å². The van der Waals surface area contributed by atoms with Crippen molar-refractivity contribution in [3.05, 3.63) is 71.0 Å². The molecule has 0 saturated heterocycles. The van der Waals surface area contributed by atoms with Gasteiger partial charge in [0.15, 0.2) is 5.16 Å². The van der Waals surface area contributed by atoms with Crippen LogP contribution in [0, 0.1) is 0 Å². The smallest absolute Gasteiger partial charge is 0.416 e. The number of carbonyl (C=O) groups is 1. The van der Waals surface area contributed by atoms with Gasteiger partial charge in [0.1, 0.15) is 11.4 Å². The van der Waals surface area contributed by atoms with Gasteiger partial charge in [0.25, 0.3) is 5.91 Å². The highest BCUT2D eigenvalue weighted by Crippen LogP contribution is 2.37. The molecule has 0 radical (unpaired) electrons. The monoisotopic (exact) mass is 515 g/mol. The summed E-state index contributed by atoms with van der Waals surface area (Å²) >= 11 is 1.17. The minimum Gasteiger partial charge on any atom is -0.496 e. The molecule has 186 valence electrons. The molecule has 0 saturated carbocycles. The van der Waals surface area contributed by atoms with Crippen LogP contribution in [0.2, 0.25) is 0 Å². The summed E-state index contributed by atoms with van der Waals surface area (Å²) in [7, 11) is 2.71. The Bertz CT molecular complexity index is 1200. The van der Waals surface area contributed by atoms with Gasteiger partial charge in [-0.15, -0.1) is 0 Å². The minimum atomic E-state index is -4.99. The molecule has 1 amide bonds. The van der Waals surface area contributed by atoms with E-state index < -0.39 is 35.9 Å². The molecule has 3 rings (SSSR count). The van der Waals surface area contributed by atoms with Gasteiger partial charge in [0.2, 0.25) is 0 Å². The van der Waals surface area contributed by atoms with Crippen LogP contribution in [0.25, 0.3) is 11.1 Å². The molecular weight excluding hydrogens is 496 g/mol. The van der Waals surface area contributed by atoms with E-state index in [4.69, 9.17) is 4.74 Å². The second-order valence-corrected chi connectivity index (χ2v) is 8.17. The van der Waals surface area contributed by atoms with Crippen molar-refractivity contribution in [1.29, 1.82) is 0 Å². The molecule has 5 nitrogen and oxygen atoms in total. The first-order chi connectivity index (χ1) is 16.3. The van der Waals surface area contributed by atoms with Gasteiger partial charge in [0.05, 0.1) is 18.2 Å². The number of hydrogen-bond acceptors (Lipinski definition) is 5. The Hall–Kier alpha value is -3.28. The van der Waals surface area contributed by atoms with Gasteiger partial charge in [-0.05, 0) is 36.1 Å². The van der Waals surface area contributed by atoms with Gasteiger partial charge in [-0.25, -0.2) is 9.97 Å². The third-order valence-electron chi connectivity index (χ3n) is 4.96. The Labute approximate surface area is 201 Å². The first-order valence-corrected chi connectivity index (χ1v) is 11.2. The summed E-state index contributed by atoms with van der Waals surface area (Å²) in [4.78, 5) is 22.8. The van der Waals surface area contributed by atoms with Crippen LogP contribution in [0.4, 0.5) is 26.3 Å². The molecule has 0 aliphatic carbocycles. The molecule has 0 N–H and O–H groups in total. The molecule has 0 spiro atoms. The molecule has 0 atom stereocenters. The number of halogens is 6. The highest BCUT2D eigenvalue weighted by atomic mass is 32.2. The SMILES string of the molecule is COc1ccccc1-c1cnc(SC)nc1C(=O)N(C)Cc1cc(C(F)(F)F)cc(C(F)(F)F)c1. The topological polar surface area (TPSA) is 55.3 Å². The second-order valence-electron chi connectivity index (χ2n) is 7.39. The number of ether oxygens (including phenoxy) is 1. The maximum absolute atomic E-state index is 13.3. The summed E-state index contributed by atoms with van der Waals surface area (Å²) < 4.78 is 84.6. The zero-order valence-electron chi connectivity index (χ0n) is 18.7. The Morgan fingerprint density at radius 1 is 1.00 bits per heavy atom. The number of nitrogens with zero attached hydrogens (tertiary/aromatic N) is 3. The van der Waals surface area contributed by atoms with Gasteiger partial charge in [0, 0.05) is 30.9 Å². The lowest BCUT2D eigenvalue weighted by Crippen LogP contribution is -2.28. The minimum absolute atomic E-state index is 0.0419. The molecule has 35 heavy (non-hydrogen) atoms. The lowest BCUT2D eigenvalue weighted by atomic mass is 10.0. The summed E-state index contributed by atoms with van der Waals surface area (Å²) in [6, 6.07) is 7.99. The number of amides is 1. The van der Waals surface area contributed by atoms with Crippen LogP contribution in [0.1, 0.15) is 27.2 Å².